The molecule has 0 bridgehead atoms. The summed E-state index contributed by atoms with van der Waals surface area (Å²) in [5.74, 6) is 0. The van der Waals surface area contributed by atoms with Gasteiger partial charge in [-0.15, -0.1) is 11.6 Å². The summed E-state index contributed by atoms with van der Waals surface area (Å²) in [6.07, 6.45) is 0.981. The van der Waals surface area contributed by atoms with Gasteiger partial charge in [-0.05, 0) is 34.2 Å². The van der Waals surface area contributed by atoms with Gasteiger partial charge in [0.25, 0.3) is 0 Å². The van der Waals surface area contributed by atoms with Crippen LogP contribution >= 0.6 is 22.9 Å². The second-order valence-electron chi connectivity index (χ2n) is 4.17. The fraction of sp³-hybridized carbons (Fsp3) is 0.600. The predicted molar refractivity (Wildman–Crippen MR) is 57.1 cm³/mol. The van der Waals surface area contributed by atoms with Gasteiger partial charge in [0.05, 0.1) is 0 Å². The zero-order valence-corrected chi connectivity index (χ0v) is 9.38. The van der Waals surface area contributed by atoms with E-state index in [2.05, 4.69) is 37.6 Å². The zero-order valence-electron chi connectivity index (χ0n) is 7.80. The summed E-state index contributed by atoms with van der Waals surface area (Å²) in [5, 5.41) is 4.50. The highest BCUT2D eigenvalue weighted by Crippen LogP contribution is 2.27. The first kappa shape index (κ1) is 10.1. The number of hydrogen-bond acceptors (Lipinski definition) is 1. The average Bonchev–Trinajstić information content (AvgIpc) is 2.37. The number of alkyl halides is 1. The van der Waals surface area contributed by atoms with Gasteiger partial charge in [0, 0.05) is 5.38 Å². The van der Waals surface area contributed by atoms with E-state index in [0.717, 1.165) is 6.42 Å². The molecule has 0 N–H and O–H groups in total. The van der Waals surface area contributed by atoms with E-state index in [1.807, 2.05) is 0 Å². The van der Waals surface area contributed by atoms with Crippen molar-refractivity contribution < 1.29 is 0 Å². The standard InChI is InChI=1S/C10H15ClS/c1-10(2,3)9(11)6-8-4-5-12-7-8/h4-5,7,9H,6H2,1-3H3. The van der Waals surface area contributed by atoms with Gasteiger partial charge in [-0.25, -0.2) is 0 Å². The Labute approximate surface area is 83.6 Å². The Kier molecular flexibility index (Phi) is 3.19. The molecule has 0 aliphatic rings. The number of hydrogen-bond donors (Lipinski definition) is 0. The molecular weight excluding hydrogens is 188 g/mol. The van der Waals surface area contributed by atoms with Gasteiger partial charge in [0.2, 0.25) is 0 Å². The molecule has 2 heteroatoms. The fourth-order valence-electron chi connectivity index (χ4n) is 0.922. The van der Waals surface area contributed by atoms with E-state index in [9.17, 15) is 0 Å². The molecule has 0 fully saturated rings. The molecule has 1 aromatic rings. The van der Waals surface area contributed by atoms with Gasteiger partial charge >= 0.3 is 0 Å². The van der Waals surface area contributed by atoms with Crippen molar-refractivity contribution in [2.75, 3.05) is 0 Å². The first-order valence-electron chi connectivity index (χ1n) is 4.15. The van der Waals surface area contributed by atoms with Crippen molar-refractivity contribution in [3.05, 3.63) is 22.4 Å². The normalized spacial score (nSPS) is 14.7. The SMILES string of the molecule is CC(C)(C)C(Cl)Cc1ccsc1. The first-order valence-corrected chi connectivity index (χ1v) is 5.53. The summed E-state index contributed by atoms with van der Waals surface area (Å²) in [6.45, 7) is 6.53. The average molecular weight is 203 g/mol. The lowest BCUT2D eigenvalue weighted by Crippen LogP contribution is -2.22. The molecule has 0 nitrogen and oxygen atoms in total. The second kappa shape index (κ2) is 3.80. The molecule has 0 aliphatic heterocycles. The zero-order chi connectivity index (χ0) is 9.19. The smallest absolute Gasteiger partial charge is 0.0425 e. The van der Waals surface area contributed by atoms with Gasteiger partial charge in [-0.1, -0.05) is 20.8 Å². The van der Waals surface area contributed by atoms with E-state index >= 15 is 0 Å². The molecule has 68 valence electrons. The molecule has 1 rings (SSSR count). The largest absolute Gasteiger partial charge is 0.152 e. The Morgan fingerprint density at radius 2 is 2.17 bits per heavy atom. The van der Waals surface area contributed by atoms with Crippen LogP contribution in [0.1, 0.15) is 26.3 Å². The maximum absolute atomic E-state index is 6.25. The third kappa shape index (κ3) is 2.80. The molecule has 1 atom stereocenters. The monoisotopic (exact) mass is 202 g/mol. The highest BCUT2D eigenvalue weighted by Gasteiger charge is 2.22. The topological polar surface area (TPSA) is 0 Å². The molecule has 0 radical (unpaired) electrons. The van der Waals surface area contributed by atoms with Crippen molar-refractivity contribution in [2.45, 2.75) is 32.6 Å². The Hall–Kier alpha value is -0.0100. The fourth-order valence-corrected chi connectivity index (χ4v) is 1.78. The van der Waals surface area contributed by atoms with Crippen molar-refractivity contribution in [1.29, 1.82) is 0 Å². The Morgan fingerprint density at radius 1 is 1.50 bits per heavy atom. The molecule has 12 heavy (non-hydrogen) atoms. The van der Waals surface area contributed by atoms with Gasteiger partial charge in [0.15, 0.2) is 0 Å². The van der Waals surface area contributed by atoms with Crippen LogP contribution in [0.5, 0.6) is 0 Å². The maximum Gasteiger partial charge on any atom is 0.0425 e. The van der Waals surface area contributed by atoms with Crippen LogP contribution in [0, 0.1) is 5.41 Å². The van der Waals surface area contributed by atoms with E-state index in [1.165, 1.54) is 5.56 Å². The summed E-state index contributed by atoms with van der Waals surface area (Å²) in [7, 11) is 0. The van der Waals surface area contributed by atoms with Crippen LogP contribution in [-0.4, -0.2) is 5.38 Å². The molecule has 1 aromatic heterocycles. The van der Waals surface area contributed by atoms with Crippen molar-refractivity contribution in [1.82, 2.24) is 0 Å². The Bertz CT molecular complexity index is 220. The van der Waals surface area contributed by atoms with E-state index in [4.69, 9.17) is 11.6 Å². The van der Waals surface area contributed by atoms with Crippen LogP contribution in [0.3, 0.4) is 0 Å². The molecule has 0 saturated heterocycles. The minimum absolute atomic E-state index is 0.198. The third-order valence-electron chi connectivity index (χ3n) is 1.93. The number of thiophene rings is 1. The lowest BCUT2D eigenvalue weighted by Gasteiger charge is -2.24. The van der Waals surface area contributed by atoms with E-state index in [0.29, 0.717) is 0 Å². The molecule has 0 aromatic carbocycles. The molecule has 0 spiro atoms. The van der Waals surface area contributed by atoms with Crippen molar-refractivity contribution >= 4 is 22.9 Å². The number of rotatable bonds is 2. The molecule has 0 amide bonds. The van der Waals surface area contributed by atoms with Crippen LogP contribution in [0.15, 0.2) is 16.8 Å². The predicted octanol–water partition coefficient (Wildman–Crippen LogP) is 3.94. The minimum Gasteiger partial charge on any atom is -0.152 e. The van der Waals surface area contributed by atoms with Gasteiger partial charge in [0.1, 0.15) is 0 Å². The van der Waals surface area contributed by atoms with Gasteiger partial charge < -0.3 is 0 Å². The summed E-state index contributed by atoms with van der Waals surface area (Å²) >= 11 is 7.99. The maximum atomic E-state index is 6.25. The summed E-state index contributed by atoms with van der Waals surface area (Å²) < 4.78 is 0. The van der Waals surface area contributed by atoms with E-state index in [1.54, 1.807) is 11.3 Å². The quantitative estimate of drug-likeness (QED) is 0.638. The second-order valence-corrected chi connectivity index (χ2v) is 5.48. The Morgan fingerprint density at radius 3 is 2.58 bits per heavy atom. The lowest BCUT2D eigenvalue weighted by atomic mass is 9.88. The van der Waals surface area contributed by atoms with Crippen LogP contribution < -0.4 is 0 Å². The summed E-state index contributed by atoms with van der Waals surface area (Å²) in [6, 6.07) is 2.14. The van der Waals surface area contributed by atoms with Crippen LogP contribution in [0.25, 0.3) is 0 Å². The Balaban J connectivity index is 2.53. The molecular formula is C10H15ClS. The highest BCUT2D eigenvalue weighted by molar-refractivity contribution is 7.07. The third-order valence-corrected chi connectivity index (χ3v) is 3.48. The van der Waals surface area contributed by atoms with E-state index < -0.39 is 0 Å². The molecule has 1 unspecified atom stereocenters. The van der Waals surface area contributed by atoms with Crippen LogP contribution in [0.2, 0.25) is 0 Å². The highest BCUT2D eigenvalue weighted by atomic mass is 35.5. The minimum atomic E-state index is 0.198. The summed E-state index contributed by atoms with van der Waals surface area (Å²) in [5.41, 5.74) is 1.55. The van der Waals surface area contributed by atoms with Gasteiger partial charge in [-0.2, -0.15) is 11.3 Å². The van der Waals surface area contributed by atoms with E-state index in [-0.39, 0.29) is 10.8 Å². The number of halogens is 1. The van der Waals surface area contributed by atoms with Crippen molar-refractivity contribution in [3.63, 3.8) is 0 Å². The summed E-state index contributed by atoms with van der Waals surface area (Å²) in [4.78, 5) is 0. The van der Waals surface area contributed by atoms with Crippen molar-refractivity contribution in [2.24, 2.45) is 5.41 Å². The van der Waals surface area contributed by atoms with Gasteiger partial charge in [-0.3, -0.25) is 0 Å². The van der Waals surface area contributed by atoms with Crippen LogP contribution in [0.4, 0.5) is 0 Å². The molecule has 0 saturated carbocycles. The van der Waals surface area contributed by atoms with Crippen molar-refractivity contribution in [3.8, 4) is 0 Å². The lowest BCUT2D eigenvalue weighted by molar-refractivity contribution is 0.386. The molecule has 0 aliphatic carbocycles. The molecule has 1 heterocycles. The first-order chi connectivity index (χ1) is 5.50. The van der Waals surface area contributed by atoms with Crippen LogP contribution in [-0.2, 0) is 6.42 Å².